The van der Waals surface area contributed by atoms with Crippen LogP contribution in [0.25, 0.3) is 11.0 Å². The van der Waals surface area contributed by atoms with Crippen LogP contribution in [0.4, 0.5) is 0 Å². The Kier molecular flexibility index (Phi) is 4.80. The monoisotopic (exact) mass is 306 g/mol. The van der Waals surface area contributed by atoms with Gasteiger partial charge in [0.2, 0.25) is 5.76 Å². The van der Waals surface area contributed by atoms with E-state index in [1.165, 1.54) is 0 Å². The Hall–Kier alpha value is -2.08. The summed E-state index contributed by atoms with van der Waals surface area (Å²) < 4.78 is 11.2. The Bertz CT molecular complexity index is 666. The molecule has 1 aromatic carbocycles. The van der Waals surface area contributed by atoms with Crippen molar-refractivity contribution < 1.29 is 13.9 Å². The highest BCUT2D eigenvalue weighted by molar-refractivity contribution is 7.80. The summed E-state index contributed by atoms with van der Waals surface area (Å²) >= 11 is 4.96. The van der Waals surface area contributed by atoms with Gasteiger partial charge in [-0.25, -0.2) is 0 Å². The van der Waals surface area contributed by atoms with Gasteiger partial charge in [0, 0.05) is 6.04 Å². The molecule has 3 N–H and O–H groups in total. The summed E-state index contributed by atoms with van der Waals surface area (Å²) in [5, 5.41) is 3.58. The molecule has 2 aromatic rings. The molecule has 1 aromatic heterocycles. The Morgan fingerprint density at radius 2 is 2.19 bits per heavy atom. The average molecular weight is 306 g/mol. The van der Waals surface area contributed by atoms with Crippen molar-refractivity contribution in [1.29, 1.82) is 0 Å². The fourth-order valence-electron chi connectivity index (χ4n) is 1.88. The van der Waals surface area contributed by atoms with Crippen LogP contribution in [0.15, 0.2) is 28.7 Å². The zero-order chi connectivity index (χ0) is 15.4. The third-order valence-electron chi connectivity index (χ3n) is 3.14. The van der Waals surface area contributed by atoms with Crippen LogP contribution in [-0.4, -0.2) is 23.5 Å². The number of amides is 1. The number of hydrogen-bond donors (Lipinski definition) is 2. The van der Waals surface area contributed by atoms with Gasteiger partial charge >= 0.3 is 0 Å². The highest BCUT2D eigenvalue weighted by Crippen LogP contribution is 2.32. The van der Waals surface area contributed by atoms with Crippen molar-refractivity contribution >= 4 is 34.1 Å². The third-order valence-corrected chi connectivity index (χ3v) is 3.33. The molecular weight excluding hydrogens is 288 g/mol. The number of nitrogens with one attached hydrogen (secondary N) is 1. The van der Waals surface area contributed by atoms with Crippen LogP contribution < -0.4 is 15.8 Å². The zero-order valence-electron chi connectivity index (χ0n) is 12.0. The van der Waals surface area contributed by atoms with Crippen molar-refractivity contribution in [3.05, 3.63) is 30.0 Å². The van der Waals surface area contributed by atoms with Crippen LogP contribution in [0.5, 0.6) is 5.75 Å². The molecule has 1 unspecified atom stereocenters. The number of fused-ring (bicyclic) bond motifs is 1. The van der Waals surface area contributed by atoms with Gasteiger partial charge in [0.25, 0.3) is 5.91 Å². The van der Waals surface area contributed by atoms with Gasteiger partial charge in [-0.1, -0.05) is 31.3 Å². The van der Waals surface area contributed by atoms with E-state index in [1.807, 2.05) is 32.0 Å². The molecule has 1 amide bonds. The predicted molar refractivity (Wildman–Crippen MR) is 85.5 cm³/mol. The van der Waals surface area contributed by atoms with Gasteiger partial charge in [-0.3, -0.25) is 4.79 Å². The van der Waals surface area contributed by atoms with Crippen molar-refractivity contribution in [2.45, 2.75) is 26.3 Å². The first kappa shape index (κ1) is 15.3. The fraction of sp³-hybridized carbons (Fsp3) is 0.333. The van der Waals surface area contributed by atoms with E-state index in [4.69, 9.17) is 27.1 Å². The maximum atomic E-state index is 11.8. The van der Waals surface area contributed by atoms with Crippen LogP contribution >= 0.6 is 12.2 Å². The molecule has 0 fully saturated rings. The second kappa shape index (κ2) is 6.58. The van der Waals surface area contributed by atoms with Crippen LogP contribution in [0, 0.1) is 0 Å². The highest BCUT2D eigenvalue weighted by Gasteiger charge is 2.18. The quantitative estimate of drug-likeness (QED) is 0.801. The minimum Gasteiger partial charge on any atom is -0.479 e. The third kappa shape index (κ3) is 3.52. The predicted octanol–water partition coefficient (Wildman–Crippen LogP) is 2.36. The highest BCUT2D eigenvalue weighted by atomic mass is 32.1. The van der Waals surface area contributed by atoms with E-state index < -0.39 is 0 Å². The summed E-state index contributed by atoms with van der Waals surface area (Å²) in [6, 6.07) is 7.44. The number of carbonyl (C=O) groups is 1. The lowest BCUT2D eigenvalue weighted by Gasteiger charge is -2.12. The number of furan rings is 1. The molecule has 0 saturated heterocycles. The van der Waals surface area contributed by atoms with Crippen LogP contribution in [0.1, 0.15) is 26.0 Å². The van der Waals surface area contributed by atoms with Crippen molar-refractivity contribution in [3.8, 4) is 5.75 Å². The van der Waals surface area contributed by atoms with Crippen molar-refractivity contribution in [2.75, 3.05) is 6.61 Å². The summed E-state index contributed by atoms with van der Waals surface area (Å²) in [4.78, 5) is 11.9. The molecule has 5 nitrogen and oxygen atoms in total. The molecule has 2 rings (SSSR count). The second-order valence-corrected chi connectivity index (χ2v) is 5.23. The molecule has 0 saturated carbocycles. The zero-order valence-corrected chi connectivity index (χ0v) is 12.8. The number of thiocarbonyl (C=S) groups is 1. The van der Waals surface area contributed by atoms with Crippen molar-refractivity contribution in [1.82, 2.24) is 5.32 Å². The molecule has 1 heterocycles. The average Bonchev–Trinajstić information content (AvgIpc) is 2.84. The molecule has 21 heavy (non-hydrogen) atoms. The number of hydrogen-bond acceptors (Lipinski definition) is 4. The summed E-state index contributed by atoms with van der Waals surface area (Å²) in [6.07, 6.45) is 0.860. The Balaban J connectivity index is 2.19. The minimum atomic E-state index is -0.191. The molecule has 0 radical (unpaired) electrons. The van der Waals surface area contributed by atoms with Crippen LogP contribution in [0.2, 0.25) is 0 Å². The second-order valence-electron chi connectivity index (χ2n) is 4.79. The molecule has 112 valence electrons. The lowest BCUT2D eigenvalue weighted by atomic mass is 10.2. The van der Waals surface area contributed by atoms with Gasteiger partial charge in [0.05, 0.1) is 5.39 Å². The van der Waals surface area contributed by atoms with E-state index in [0.29, 0.717) is 17.1 Å². The largest absolute Gasteiger partial charge is 0.479 e. The number of carbonyl (C=O) groups excluding carboxylic acids is 1. The normalized spacial score (nSPS) is 12.1. The standard InChI is InChI=1S/C15H18N2O3S/c1-3-9(2)17-12(18)8-19-13-10-6-4-5-7-11(10)20-14(13)15(16)21/h4-7,9H,3,8H2,1-2H3,(H2,16,21)(H,17,18). The topological polar surface area (TPSA) is 77.5 Å². The lowest BCUT2D eigenvalue weighted by molar-refractivity contribution is -0.123. The van der Waals surface area contributed by atoms with Crippen molar-refractivity contribution in [2.24, 2.45) is 5.73 Å². The van der Waals surface area contributed by atoms with Gasteiger partial charge < -0.3 is 20.2 Å². The summed E-state index contributed by atoms with van der Waals surface area (Å²) in [5.74, 6) is 0.517. The fourth-order valence-corrected chi connectivity index (χ4v) is 2.02. The van der Waals surface area contributed by atoms with Crippen molar-refractivity contribution in [3.63, 3.8) is 0 Å². The molecule has 0 aliphatic rings. The molecule has 0 aliphatic heterocycles. The maximum absolute atomic E-state index is 11.8. The summed E-state index contributed by atoms with van der Waals surface area (Å²) in [6.45, 7) is 3.83. The molecule has 1 atom stereocenters. The Morgan fingerprint density at radius 1 is 1.48 bits per heavy atom. The van der Waals surface area contributed by atoms with E-state index in [9.17, 15) is 4.79 Å². The molecule has 0 aliphatic carbocycles. The number of nitrogens with two attached hydrogens (primary N) is 1. The first-order valence-corrected chi connectivity index (χ1v) is 7.17. The number of rotatable bonds is 6. The van der Waals surface area contributed by atoms with Gasteiger partial charge in [-0.15, -0.1) is 0 Å². The summed E-state index contributed by atoms with van der Waals surface area (Å²) in [7, 11) is 0. The Morgan fingerprint density at radius 3 is 2.86 bits per heavy atom. The molecule has 0 bridgehead atoms. The van der Waals surface area contributed by atoms with E-state index in [1.54, 1.807) is 6.07 Å². The molecular formula is C15H18N2O3S. The van der Waals surface area contributed by atoms with E-state index in [0.717, 1.165) is 11.8 Å². The van der Waals surface area contributed by atoms with E-state index in [2.05, 4.69) is 5.32 Å². The van der Waals surface area contributed by atoms with Gasteiger partial charge in [-0.2, -0.15) is 0 Å². The number of para-hydroxylation sites is 1. The Labute approximate surface area is 128 Å². The number of benzene rings is 1. The van der Waals surface area contributed by atoms with E-state index in [-0.39, 0.29) is 23.5 Å². The molecule has 6 heteroatoms. The first-order chi connectivity index (χ1) is 10.0. The lowest BCUT2D eigenvalue weighted by Crippen LogP contribution is -2.35. The van der Waals surface area contributed by atoms with Crippen LogP contribution in [-0.2, 0) is 4.79 Å². The van der Waals surface area contributed by atoms with E-state index >= 15 is 0 Å². The van der Waals surface area contributed by atoms with Gasteiger partial charge in [0.15, 0.2) is 12.4 Å². The van der Waals surface area contributed by atoms with Gasteiger partial charge in [-0.05, 0) is 25.5 Å². The maximum Gasteiger partial charge on any atom is 0.258 e. The van der Waals surface area contributed by atoms with Gasteiger partial charge in [0.1, 0.15) is 10.6 Å². The minimum absolute atomic E-state index is 0.100. The first-order valence-electron chi connectivity index (χ1n) is 6.76. The molecule has 0 spiro atoms. The SMILES string of the molecule is CCC(C)NC(=O)COc1c(C(N)=S)oc2ccccc12. The summed E-state index contributed by atoms with van der Waals surface area (Å²) in [5.41, 5.74) is 6.27. The number of ether oxygens (including phenoxy) is 1. The van der Waals surface area contributed by atoms with Crippen LogP contribution in [0.3, 0.4) is 0 Å². The smallest absolute Gasteiger partial charge is 0.258 e.